The van der Waals surface area contributed by atoms with Crippen molar-refractivity contribution in [2.45, 2.75) is 37.8 Å². The van der Waals surface area contributed by atoms with E-state index in [1.54, 1.807) is 12.0 Å². The van der Waals surface area contributed by atoms with Crippen LogP contribution in [0.25, 0.3) is 0 Å². The fraction of sp³-hybridized carbons (Fsp3) is 0.269. The summed E-state index contributed by atoms with van der Waals surface area (Å²) in [4.78, 5) is 15.8. The number of halogens is 2. The zero-order valence-corrected chi connectivity index (χ0v) is 19.5. The van der Waals surface area contributed by atoms with E-state index in [4.69, 9.17) is 27.9 Å². The van der Waals surface area contributed by atoms with Crippen molar-refractivity contribution in [3.05, 3.63) is 87.4 Å². The van der Waals surface area contributed by atoms with Gasteiger partial charge < -0.3 is 15.0 Å². The smallest absolute Gasteiger partial charge is 0.242 e. The molecule has 0 bridgehead atoms. The number of rotatable bonds is 6. The van der Waals surface area contributed by atoms with Crippen molar-refractivity contribution in [1.29, 1.82) is 0 Å². The molecule has 1 N–H and O–H groups in total. The normalized spacial score (nSPS) is 19.8. The molecule has 4 nitrogen and oxygen atoms in total. The number of benzene rings is 3. The highest BCUT2D eigenvalue weighted by molar-refractivity contribution is 6.32. The SMILES string of the molecule is COc1cc(NC2CC2)ccc1CN1C(=O)C(C)(c2ccccc2Cl)c2cc(Cl)ccc21. The standard InChI is InChI=1S/C26H24Cl2N2O2/c1-26(20-5-3-4-6-22(20)28)21-13-17(27)8-12-23(21)30(25(26)31)15-16-7-9-19(14-24(16)32-2)29-18-10-11-18/h3-9,12-14,18,29H,10-11,15H2,1-2H3. The summed E-state index contributed by atoms with van der Waals surface area (Å²) >= 11 is 12.9. The minimum atomic E-state index is -0.931. The first-order valence-corrected chi connectivity index (χ1v) is 11.5. The molecule has 3 aromatic carbocycles. The molecule has 1 heterocycles. The molecule has 3 aromatic rings. The van der Waals surface area contributed by atoms with Gasteiger partial charge in [0.05, 0.1) is 13.7 Å². The monoisotopic (exact) mass is 466 g/mol. The summed E-state index contributed by atoms with van der Waals surface area (Å²) in [6.45, 7) is 2.31. The van der Waals surface area contributed by atoms with Gasteiger partial charge in [0.15, 0.2) is 0 Å². The second kappa shape index (κ2) is 8.02. The predicted molar refractivity (Wildman–Crippen MR) is 130 cm³/mol. The number of ether oxygens (including phenoxy) is 1. The molecule has 2 aliphatic rings. The molecular weight excluding hydrogens is 443 g/mol. The third-order valence-electron chi connectivity index (χ3n) is 6.44. The number of hydrogen-bond donors (Lipinski definition) is 1. The molecule has 0 spiro atoms. The van der Waals surface area contributed by atoms with Gasteiger partial charge in [-0.15, -0.1) is 0 Å². The van der Waals surface area contributed by atoms with Crippen molar-refractivity contribution in [3.8, 4) is 5.75 Å². The Kier molecular flexibility index (Phi) is 5.31. The van der Waals surface area contributed by atoms with Crippen molar-refractivity contribution in [1.82, 2.24) is 0 Å². The average molecular weight is 467 g/mol. The van der Waals surface area contributed by atoms with Crippen LogP contribution in [0.5, 0.6) is 5.75 Å². The minimum Gasteiger partial charge on any atom is -0.496 e. The summed E-state index contributed by atoms with van der Waals surface area (Å²) in [5.41, 5.74) is 3.51. The Morgan fingerprint density at radius 2 is 1.84 bits per heavy atom. The molecule has 1 saturated carbocycles. The van der Waals surface area contributed by atoms with Crippen LogP contribution in [0.2, 0.25) is 10.0 Å². The van der Waals surface area contributed by atoms with Gasteiger partial charge in [0, 0.05) is 39.1 Å². The summed E-state index contributed by atoms with van der Waals surface area (Å²) in [6.07, 6.45) is 2.40. The van der Waals surface area contributed by atoms with Gasteiger partial charge in [-0.2, -0.15) is 0 Å². The lowest BCUT2D eigenvalue weighted by Crippen LogP contribution is -2.39. The molecule has 6 heteroatoms. The zero-order chi connectivity index (χ0) is 22.5. The number of amides is 1. The Balaban J connectivity index is 1.56. The number of nitrogens with zero attached hydrogens (tertiary/aromatic N) is 1. The fourth-order valence-electron chi connectivity index (χ4n) is 4.52. The Labute approximate surface area is 198 Å². The zero-order valence-electron chi connectivity index (χ0n) is 18.0. The molecule has 1 unspecified atom stereocenters. The van der Waals surface area contributed by atoms with Crippen LogP contribution in [0.15, 0.2) is 60.7 Å². The molecule has 1 aliphatic heterocycles. The van der Waals surface area contributed by atoms with Crippen LogP contribution in [0.4, 0.5) is 11.4 Å². The Bertz CT molecular complexity index is 1210. The lowest BCUT2D eigenvalue weighted by Gasteiger charge is -2.26. The van der Waals surface area contributed by atoms with Gasteiger partial charge in [-0.25, -0.2) is 0 Å². The summed E-state index contributed by atoms with van der Waals surface area (Å²) in [5, 5.41) is 4.64. The van der Waals surface area contributed by atoms with Gasteiger partial charge in [-0.1, -0.05) is 47.5 Å². The summed E-state index contributed by atoms with van der Waals surface area (Å²) in [6, 6.07) is 19.7. The van der Waals surface area contributed by atoms with Gasteiger partial charge in [-0.3, -0.25) is 4.79 Å². The van der Waals surface area contributed by atoms with E-state index < -0.39 is 5.41 Å². The maximum atomic E-state index is 13.9. The Morgan fingerprint density at radius 3 is 2.56 bits per heavy atom. The van der Waals surface area contributed by atoms with Crippen LogP contribution in [0, 0.1) is 0 Å². The lowest BCUT2D eigenvalue weighted by atomic mass is 9.77. The van der Waals surface area contributed by atoms with E-state index >= 15 is 0 Å². The molecule has 0 radical (unpaired) electrons. The van der Waals surface area contributed by atoms with E-state index in [0.717, 1.165) is 33.8 Å². The summed E-state index contributed by atoms with van der Waals surface area (Å²) < 4.78 is 5.68. The first-order valence-electron chi connectivity index (χ1n) is 10.7. The van der Waals surface area contributed by atoms with Crippen molar-refractivity contribution in [2.24, 2.45) is 0 Å². The van der Waals surface area contributed by atoms with E-state index in [1.165, 1.54) is 12.8 Å². The average Bonchev–Trinajstić information content (AvgIpc) is 3.58. The van der Waals surface area contributed by atoms with Crippen LogP contribution >= 0.6 is 23.2 Å². The largest absolute Gasteiger partial charge is 0.496 e. The molecule has 0 aromatic heterocycles. The number of anilines is 2. The quantitative estimate of drug-likeness (QED) is 0.454. The van der Waals surface area contributed by atoms with Gasteiger partial charge in [0.2, 0.25) is 5.91 Å². The minimum absolute atomic E-state index is 0.0369. The third-order valence-corrected chi connectivity index (χ3v) is 7.00. The topological polar surface area (TPSA) is 41.6 Å². The second-order valence-electron chi connectivity index (χ2n) is 8.60. The van der Waals surface area contributed by atoms with E-state index in [9.17, 15) is 4.79 Å². The first-order chi connectivity index (χ1) is 15.4. The molecule has 32 heavy (non-hydrogen) atoms. The fourth-order valence-corrected chi connectivity index (χ4v) is 5.02. The van der Waals surface area contributed by atoms with Crippen LogP contribution in [0.1, 0.15) is 36.5 Å². The molecule has 5 rings (SSSR count). The summed E-state index contributed by atoms with van der Waals surface area (Å²) in [7, 11) is 1.66. The van der Waals surface area contributed by atoms with Crippen molar-refractivity contribution in [3.63, 3.8) is 0 Å². The molecule has 0 saturated heterocycles. The Morgan fingerprint density at radius 1 is 1.06 bits per heavy atom. The first kappa shape index (κ1) is 21.2. The molecule has 164 valence electrons. The molecule has 1 fully saturated rings. The van der Waals surface area contributed by atoms with Crippen LogP contribution in [-0.4, -0.2) is 19.1 Å². The maximum Gasteiger partial charge on any atom is 0.242 e. The van der Waals surface area contributed by atoms with Crippen molar-refractivity contribution < 1.29 is 9.53 Å². The highest BCUT2D eigenvalue weighted by Gasteiger charge is 2.49. The van der Waals surface area contributed by atoms with E-state index in [0.29, 0.717) is 22.6 Å². The van der Waals surface area contributed by atoms with Gasteiger partial charge in [-0.05, 0) is 61.2 Å². The van der Waals surface area contributed by atoms with Crippen LogP contribution < -0.4 is 15.0 Å². The van der Waals surface area contributed by atoms with Gasteiger partial charge in [0.25, 0.3) is 0 Å². The molecular formula is C26H24Cl2N2O2. The highest BCUT2D eigenvalue weighted by Crippen LogP contribution is 2.49. The second-order valence-corrected chi connectivity index (χ2v) is 9.45. The molecule has 1 atom stereocenters. The van der Waals surface area contributed by atoms with Crippen LogP contribution in [-0.2, 0) is 16.8 Å². The number of carbonyl (C=O) groups is 1. The van der Waals surface area contributed by atoms with E-state index in [1.807, 2.05) is 67.6 Å². The van der Waals surface area contributed by atoms with Crippen molar-refractivity contribution >= 4 is 40.5 Å². The Hall–Kier alpha value is -2.69. The van der Waals surface area contributed by atoms with E-state index in [2.05, 4.69) is 5.32 Å². The van der Waals surface area contributed by atoms with E-state index in [-0.39, 0.29) is 5.91 Å². The van der Waals surface area contributed by atoms with Gasteiger partial charge >= 0.3 is 0 Å². The lowest BCUT2D eigenvalue weighted by molar-refractivity contribution is -0.121. The predicted octanol–water partition coefficient (Wildman–Crippen LogP) is 6.43. The maximum absolute atomic E-state index is 13.9. The number of methoxy groups -OCH3 is 1. The van der Waals surface area contributed by atoms with Gasteiger partial charge in [0.1, 0.15) is 11.2 Å². The van der Waals surface area contributed by atoms with Crippen molar-refractivity contribution in [2.75, 3.05) is 17.3 Å². The molecule has 1 amide bonds. The number of fused-ring (bicyclic) bond motifs is 1. The van der Waals surface area contributed by atoms with Crippen LogP contribution in [0.3, 0.4) is 0 Å². The number of nitrogens with one attached hydrogen (secondary N) is 1. The highest BCUT2D eigenvalue weighted by atomic mass is 35.5. The number of carbonyl (C=O) groups excluding carboxylic acids is 1. The molecule has 1 aliphatic carbocycles. The third kappa shape index (κ3) is 3.52. The summed E-state index contributed by atoms with van der Waals surface area (Å²) in [5.74, 6) is 0.718. The number of hydrogen-bond acceptors (Lipinski definition) is 3.